The summed E-state index contributed by atoms with van der Waals surface area (Å²) in [7, 11) is 0. The van der Waals surface area contributed by atoms with Crippen LogP contribution in [0.15, 0.2) is 12.2 Å². The average molecular weight is 156 g/mol. The lowest BCUT2D eigenvalue weighted by atomic mass is 9.94. The lowest BCUT2D eigenvalue weighted by molar-refractivity contribution is -0.116. The molecule has 0 amide bonds. The van der Waals surface area contributed by atoms with E-state index in [9.17, 15) is 4.79 Å². The molecule has 0 N–H and O–H groups in total. The van der Waals surface area contributed by atoms with Gasteiger partial charge in [0.1, 0.15) is 0 Å². The molecule has 1 rings (SSSR count). The molecule has 0 aromatic carbocycles. The Morgan fingerprint density at radius 2 is 2.50 bits per heavy atom. The summed E-state index contributed by atoms with van der Waals surface area (Å²) in [6.07, 6.45) is 4.25. The summed E-state index contributed by atoms with van der Waals surface area (Å²) in [5.74, 6) is -0.289. The third-order valence-electron chi connectivity index (χ3n) is 1.49. The number of carbonyl (C=O) groups excluding carboxylic acids is 1. The molecule has 0 saturated carbocycles. The van der Waals surface area contributed by atoms with Crippen LogP contribution in [-0.2, 0) is 4.79 Å². The van der Waals surface area contributed by atoms with E-state index in [1.54, 1.807) is 12.1 Å². The van der Waals surface area contributed by atoms with Gasteiger partial charge in [0, 0.05) is 0 Å². The lowest BCUT2D eigenvalue weighted by Crippen LogP contribution is -2.31. The second-order valence-electron chi connectivity index (χ2n) is 2.22. The molecule has 0 aromatic heterocycles. The zero-order chi connectivity index (χ0) is 7.61. The van der Waals surface area contributed by atoms with E-state index in [1.165, 1.54) is 6.08 Å². The van der Waals surface area contributed by atoms with Crippen molar-refractivity contribution in [2.75, 3.05) is 0 Å². The first kappa shape index (κ1) is 7.30. The number of allylic oxidation sites excluding steroid dienone is 2. The predicted octanol–water partition coefficient (Wildman–Crippen LogP) is 1.41. The largest absolute Gasteiger partial charge is 0.292 e. The molecule has 0 radical (unpaired) electrons. The molecule has 1 aliphatic rings. The first-order valence-electron chi connectivity index (χ1n) is 3.00. The summed E-state index contributed by atoms with van der Waals surface area (Å²) in [5, 5.41) is 8.48. The molecule has 52 valence electrons. The summed E-state index contributed by atoms with van der Waals surface area (Å²) in [5.41, 5.74) is 0. The molecule has 0 fully saturated rings. The molecular weight excluding hydrogens is 150 g/mol. The van der Waals surface area contributed by atoms with E-state index in [-0.39, 0.29) is 5.78 Å². The zero-order valence-electron chi connectivity index (χ0n) is 5.30. The molecule has 1 unspecified atom stereocenters. The van der Waals surface area contributed by atoms with Gasteiger partial charge in [-0.2, -0.15) is 5.26 Å². The molecule has 0 heterocycles. The van der Waals surface area contributed by atoms with E-state index in [2.05, 4.69) is 0 Å². The molecule has 0 aliphatic heterocycles. The fourth-order valence-electron chi connectivity index (χ4n) is 0.839. The second-order valence-corrected chi connectivity index (χ2v) is 2.86. The van der Waals surface area contributed by atoms with Crippen molar-refractivity contribution in [3.8, 4) is 6.07 Å². The van der Waals surface area contributed by atoms with Crippen LogP contribution in [0.4, 0.5) is 0 Å². The van der Waals surface area contributed by atoms with Gasteiger partial charge in [-0.15, -0.1) is 0 Å². The summed E-state index contributed by atoms with van der Waals surface area (Å²) in [4.78, 5) is 9.64. The third kappa shape index (κ3) is 1.05. The molecule has 10 heavy (non-hydrogen) atoms. The Balaban J connectivity index is 2.91. The van der Waals surface area contributed by atoms with Crippen molar-refractivity contribution >= 4 is 17.4 Å². The van der Waals surface area contributed by atoms with Crippen LogP contribution >= 0.6 is 11.6 Å². The number of carbonyl (C=O) groups is 1. The van der Waals surface area contributed by atoms with Crippen LogP contribution in [0.5, 0.6) is 0 Å². The number of rotatable bonds is 0. The Bertz CT molecular complexity index is 228. The summed E-state index contributed by atoms with van der Waals surface area (Å²) >= 11 is 5.65. The molecule has 1 atom stereocenters. The monoisotopic (exact) mass is 155 g/mol. The maximum absolute atomic E-state index is 10.9. The van der Waals surface area contributed by atoms with E-state index < -0.39 is 4.87 Å². The third-order valence-corrected chi connectivity index (χ3v) is 1.95. The molecule has 0 spiro atoms. The maximum atomic E-state index is 10.9. The van der Waals surface area contributed by atoms with Crippen LogP contribution in [0.1, 0.15) is 12.8 Å². The minimum Gasteiger partial charge on any atom is -0.292 e. The topological polar surface area (TPSA) is 40.9 Å². The van der Waals surface area contributed by atoms with E-state index in [4.69, 9.17) is 16.9 Å². The highest BCUT2D eigenvalue weighted by Gasteiger charge is 2.35. The van der Waals surface area contributed by atoms with Crippen molar-refractivity contribution in [3.05, 3.63) is 12.2 Å². The van der Waals surface area contributed by atoms with Gasteiger partial charge < -0.3 is 0 Å². The van der Waals surface area contributed by atoms with Crippen LogP contribution in [0, 0.1) is 11.3 Å². The Hall–Kier alpha value is -0.810. The average Bonchev–Trinajstić information content (AvgIpc) is 1.96. The number of ketones is 1. The minimum absolute atomic E-state index is 0.289. The lowest BCUT2D eigenvalue weighted by Gasteiger charge is -2.17. The van der Waals surface area contributed by atoms with Gasteiger partial charge in [0.15, 0.2) is 10.7 Å². The first-order chi connectivity index (χ1) is 4.69. The van der Waals surface area contributed by atoms with Crippen molar-refractivity contribution in [1.82, 2.24) is 0 Å². The fraction of sp³-hybridized carbons (Fsp3) is 0.429. The molecule has 2 nitrogen and oxygen atoms in total. The predicted molar refractivity (Wildman–Crippen MR) is 37.6 cm³/mol. The minimum atomic E-state index is -1.27. The second kappa shape index (κ2) is 2.43. The quantitative estimate of drug-likeness (QED) is 0.497. The Morgan fingerprint density at radius 3 is 2.90 bits per heavy atom. The van der Waals surface area contributed by atoms with Gasteiger partial charge in [-0.05, 0) is 18.9 Å². The van der Waals surface area contributed by atoms with Crippen molar-refractivity contribution in [2.24, 2.45) is 0 Å². The van der Waals surface area contributed by atoms with E-state index in [1.807, 2.05) is 0 Å². The Kier molecular flexibility index (Phi) is 1.78. The Labute approximate surface area is 64.1 Å². The standard InChI is InChI=1S/C7H6ClNO/c8-7(5-9)4-2-1-3-6(7)10/h1,3H,2,4H2. The van der Waals surface area contributed by atoms with Gasteiger partial charge >= 0.3 is 0 Å². The highest BCUT2D eigenvalue weighted by atomic mass is 35.5. The van der Waals surface area contributed by atoms with Crippen LogP contribution in [0.3, 0.4) is 0 Å². The SMILES string of the molecule is N#CC1(Cl)CCC=CC1=O. The fourth-order valence-corrected chi connectivity index (χ4v) is 1.01. The van der Waals surface area contributed by atoms with Crippen molar-refractivity contribution in [1.29, 1.82) is 5.26 Å². The highest BCUT2D eigenvalue weighted by Crippen LogP contribution is 2.26. The summed E-state index contributed by atoms with van der Waals surface area (Å²) in [6.45, 7) is 0. The molecular formula is C7H6ClNO. The number of nitriles is 1. The van der Waals surface area contributed by atoms with E-state index in [0.717, 1.165) is 0 Å². The van der Waals surface area contributed by atoms with Crippen LogP contribution in [0.2, 0.25) is 0 Å². The number of hydrogen-bond donors (Lipinski definition) is 0. The van der Waals surface area contributed by atoms with Gasteiger partial charge in [0.05, 0.1) is 6.07 Å². The van der Waals surface area contributed by atoms with E-state index in [0.29, 0.717) is 12.8 Å². The van der Waals surface area contributed by atoms with Crippen LogP contribution in [0.25, 0.3) is 0 Å². The molecule has 0 aromatic rings. The molecule has 1 aliphatic carbocycles. The molecule has 0 saturated heterocycles. The number of alkyl halides is 1. The first-order valence-corrected chi connectivity index (χ1v) is 3.38. The van der Waals surface area contributed by atoms with Gasteiger partial charge in [0.2, 0.25) is 0 Å². The van der Waals surface area contributed by atoms with E-state index >= 15 is 0 Å². The van der Waals surface area contributed by atoms with Gasteiger partial charge in [-0.1, -0.05) is 17.7 Å². The summed E-state index contributed by atoms with van der Waals surface area (Å²) < 4.78 is 0. The molecule has 3 heteroatoms. The van der Waals surface area contributed by atoms with Gasteiger partial charge in [-0.3, -0.25) is 4.79 Å². The zero-order valence-corrected chi connectivity index (χ0v) is 6.06. The number of hydrogen-bond acceptors (Lipinski definition) is 2. The Morgan fingerprint density at radius 1 is 1.80 bits per heavy atom. The van der Waals surface area contributed by atoms with Crippen LogP contribution < -0.4 is 0 Å². The van der Waals surface area contributed by atoms with Gasteiger partial charge in [0.25, 0.3) is 0 Å². The van der Waals surface area contributed by atoms with Crippen LogP contribution in [-0.4, -0.2) is 10.7 Å². The van der Waals surface area contributed by atoms with Crippen molar-refractivity contribution in [3.63, 3.8) is 0 Å². The normalized spacial score (nSPS) is 31.8. The maximum Gasteiger partial charge on any atom is 0.192 e. The van der Waals surface area contributed by atoms with Crippen molar-refractivity contribution in [2.45, 2.75) is 17.7 Å². The number of halogens is 1. The molecule has 0 bridgehead atoms. The van der Waals surface area contributed by atoms with Crippen molar-refractivity contribution < 1.29 is 4.79 Å². The smallest absolute Gasteiger partial charge is 0.192 e. The number of nitrogens with zero attached hydrogens (tertiary/aromatic N) is 1. The van der Waals surface area contributed by atoms with Gasteiger partial charge in [-0.25, -0.2) is 0 Å². The summed E-state index contributed by atoms with van der Waals surface area (Å²) in [6, 6.07) is 1.79. The highest BCUT2D eigenvalue weighted by molar-refractivity contribution is 6.39.